The zero-order valence-electron chi connectivity index (χ0n) is 9.61. The van der Waals surface area contributed by atoms with Gasteiger partial charge >= 0.3 is 0 Å². The highest BCUT2D eigenvalue weighted by Gasteiger charge is 2.23. The molecule has 1 saturated heterocycles. The summed E-state index contributed by atoms with van der Waals surface area (Å²) >= 11 is 0. The third-order valence-corrected chi connectivity index (χ3v) is 3.67. The molecule has 16 heavy (non-hydrogen) atoms. The SMILES string of the molecule is CC1CCNC1c1ccc2ccccc2c1. The fourth-order valence-electron chi connectivity index (χ4n) is 2.68. The van der Waals surface area contributed by atoms with Crippen molar-refractivity contribution in [3.8, 4) is 0 Å². The molecule has 2 aromatic carbocycles. The average molecular weight is 211 g/mol. The van der Waals surface area contributed by atoms with Crippen molar-refractivity contribution in [3.63, 3.8) is 0 Å². The standard InChI is InChI=1S/C15H17N/c1-11-8-9-16-15(11)14-7-6-12-4-2-3-5-13(12)10-14/h2-7,10-11,15-16H,8-9H2,1H3. The summed E-state index contributed by atoms with van der Waals surface area (Å²) in [5.74, 6) is 0.751. The lowest BCUT2D eigenvalue weighted by Crippen LogP contribution is -2.16. The molecule has 2 unspecified atom stereocenters. The van der Waals surface area contributed by atoms with E-state index in [4.69, 9.17) is 0 Å². The molecule has 2 aromatic rings. The Labute approximate surface area is 96.5 Å². The Hall–Kier alpha value is -1.34. The molecule has 1 nitrogen and oxygen atoms in total. The molecule has 1 aliphatic rings. The summed E-state index contributed by atoms with van der Waals surface area (Å²) in [4.78, 5) is 0. The lowest BCUT2D eigenvalue weighted by atomic mass is 9.94. The zero-order chi connectivity index (χ0) is 11.0. The second-order valence-corrected chi connectivity index (χ2v) is 4.80. The van der Waals surface area contributed by atoms with Crippen molar-refractivity contribution in [3.05, 3.63) is 48.0 Å². The van der Waals surface area contributed by atoms with Gasteiger partial charge < -0.3 is 5.32 Å². The number of rotatable bonds is 1. The lowest BCUT2D eigenvalue weighted by Gasteiger charge is -2.16. The second kappa shape index (κ2) is 3.91. The van der Waals surface area contributed by atoms with Crippen LogP contribution in [0.5, 0.6) is 0 Å². The van der Waals surface area contributed by atoms with Gasteiger partial charge in [0.25, 0.3) is 0 Å². The molecular weight excluding hydrogens is 194 g/mol. The van der Waals surface area contributed by atoms with Gasteiger partial charge in [0.05, 0.1) is 0 Å². The second-order valence-electron chi connectivity index (χ2n) is 4.80. The zero-order valence-corrected chi connectivity index (χ0v) is 9.61. The first-order chi connectivity index (χ1) is 7.84. The van der Waals surface area contributed by atoms with Gasteiger partial charge in [0, 0.05) is 6.04 Å². The minimum atomic E-state index is 0.546. The molecule has 1 heterocycles. The van der Waals surface area contributed by atoms with E-state index in [0.717, 1.165) is 12.5 Å². The van der Waals surface area contributed by atoms with Crippen LogP contribution in [0.2, 0.25) is 0 Å². The Morgan fingerprint density at radius 2 is 1.88 bits per heavy atom. The summed E-state index contributed by atoms with van der Waals surface area (Å²) in [6.07, 6.45) is 1.29. The topological polar surface area (TPSA) is 12.0 Å². The van der Waals surface area contributed by atoms with Crippen LogP contribution in [0.25, 0.3) is 10.8 Å². The van der Waals surface area contributed by atoms with Crippen molar-refractivity contribution in [2.45, 2.75) is 19.4 Å². The number of hydrogen-bond donors (Lipinski definition) is 1. The van der Waals surface area contributed by atoms with Gasteiger partial charge in [0.1, 0.15) is 0 Å². The van der Waals surface area contributed by atoms with Gasteiger partial charge in [-0.3, -0.25) is 0 Å². The van der Waals surface area contributed by atoms with E-state index >= 15 is 0 Å². The molecule has 1 aliphatic heterocycles. The first kappa shape index (κ1) is 9.86. The molecule has 2 atom stereocenters. The van der Waals surface area contributed by atoms with Crippen molar-refractivity contribution < 1.29 is 0 Å². The molecule has 0 aromatic heterocycles. The molecular formula is C15H17N. The smallest absolute Gasteiger partial charge is 0.0346 e. The summed E-state index contributed by atoms with van der Waals surface area (Å²) in [7, 11) is 0. The van der Waals surface area contributed by atoms with Gasteiger partial charge in [0.15, 0.2) is 0 Å². The molecule has 0 bridgehead atoms. The van der Waals surface area contributed by atoms with E-state index < -0.39 is 0 Å². The van der Waals surface area contributed by atoms with E-state index in [9.17, 15) is 0 Å². The van der Waals surface area contributed by atoms with Gasteiger partial charge in [-0.2, -0.15) is 0 Å². The summed E-state index contributed by atoms with van der Waals surface area (Å²) in [6, 6.07) is 15.9. The maximum absolute atomic E-state index is 3.59. The largest absolute Gasteiger partial charge is 0.310 e. The van der Waals surface area contributed by atoms with E-state index in [-0.39, 0.29) is 0 Å². The van der Waals surface area contributed by atoms with Crippen LogP contribution in [0.15, 0.2) is 42.5 Å². The molecule has 0 spiro atoms. The molecule has 82 valence electrons. The number of fused-ring (bicyclic) bond motifs is 1. The number of hydrogen-bond acceptors (Lipinski definition) is 1. The fourth-order valence-corrected chi connectivity index (χ4v) is 2.68. The minimum Gasteiger partial charge on any atom is -0.310 e. The number of nitrogens with one attached hydrogen (secondary N) is 1. The van der Waals surface area contributed by atoms with Gasteiger partial charge in [-0.25, -0.2) is 0 Å². The van der Waals surface area contributed by atoms with E-state index in [1.54, 1.807) is 0 Å². The molecule has 3 rings (SSSR count). The molecule has 1 heteroatoms. The van der Waals surface area contributed by atoms with Gasteiger partial charge in [-0.15, -0.1) is 0 Å². The highest BCUT2D eigenvalue weighted by atomic mass is 14.9. The van der Waals surface area contributed by atoms with Gasteiger partial charge in [-0.1, -0.05) is 43.3 Å². The Balaban J connectivity index is 2.04. The summed E-state index contributed by atoms with van der Waals surface area (Å²) in [5, 5.41) is 6.27. The highest BCUT2D eigenvalue weighted by molar-refractivity contribution is 5.83. The Morgan fingerprint density at radius 3 is 2.62 bits per heavy atom. The maximum atomic E-state index is 3.59. The van der Waals surface area contributed by atoms with Gasteiger partial charge in [-0.05, 0) is 41.3 Å². The van der Waals surface area contributed by atoms with E-state index in [1.807, 2.05) is 0 Å². The van der Waals surface area contributed by atoms with E-state index in [0.29, 0.717) is 6.04 Å². The fraction of sp³-hybridized carbons (Fsp3) is 0.333. The van der Waals surface area contributed by atoms with Crippen LogP contribution >= 0.6 is 0 Å². The minimum absolute atomic E-state index is 0.546. The van der Waals surface area contributed by atoms with E-state index in [2.05, 4.69) is 54.7 Å². The van der Waals surface area contributed by atoms with Crippen LogP contribution in [0.1, 0.15) is 24.9 Å². The third-order valence-electron chi connectivity index (χ3n) is 3.67. The predicted octanol–water partition coefficient (Wildman–Crippen LogP) is 3.51. The Bertz CT molecular complexity index is 504. The maximum Gasteiger partial charge on any atom is 0.0346 e. The van der Waals surface area contributed by atoms with Crippen molar-refractivity contribution in [1.82, 2.24) is 5.32 Å². The quantitative estimate of drug-likeness (QED) is 0.761. The first-order valence-electron chi connectivity index (χ1n) is 6.07. The highest BCUT2D eigenvalue weighted by Crippen LogP contribution is 2.30. The predicted molar refractivity (Wildman–Crippen MR) is 68.5 cm³/mol. The molecule has 0 saturated carbocycles. The van der Waals surface area contributed by atoms with E-state index in [1.165, 1.54) is 22.8 Å². The Kier molecular flexibility index (Phi) is 2.41. The summed E-state index contributed by atoms with van der Waals surface area (Å²) in [5.41, 5.74) is 1.43. The van der Waals surface area contributed by atoms with Crippen molar-refractivity contribution in [2.24, 2.45) is 5.92 Å². The van der Waals surface area contributed by atoms with Crippen LogP contribution in [0.4, 0.5) is 0 Å². The monoisotopic (exact) mass is 211 g/mol. The van der Waals surface area contributed by atoms with Crippen molar-refractivity contribution in [2.75, 3.05) is 6.54 Å². The average Bonchev–Trinajstić information content (AvgIpc) is 2.75. The number of benzene rings is 2. The molecule has 0 aliphatic carbocycles. The summed E-state index contributed by atoms with van der Waals surface area (Å²) in [6.45, 7) is 3.48. The lowest BCUT2D eigenvalue weighted by molar-refractivity contribution is 0.504. The molecule has 0 amide bonds. The summed E-state index contributed by atoms with van der Waals surface area (Å²) < 4.78 is 0. The van der Waals surface area contributed by atoms with Crippen LogP contribution in [0.3, 0.4) is 0 Å². The normalized spacial score (nSPS) is 25.1. The van der Waals surface area contributed by atoms with Crippen LogP contribution in [-0.4, -0.2) is 6.54 Å². The van der Waals surface area contributed by atoms with Crippen molar-refractivity contribution in [1.29, 1.82) is 0 Å². The van der Waals surface area contributed by atoms with Crippen molar-refractivity contribution >= 4 is 10.8 Å². The third kappa shape index (κ3) is 1.61. The van der Waals surface area contributed by atoms with Crippen LogP contribution < -0.4 is 5.32 Å². The first-order valence-corrected chi connectivity index (χ1v) is 6.07. The molecule has 0 radical (unpaired) electrons. The Morgan fingerprint density at radius 1 is 1.06 bits per heavy atom. The van der Waals surface area contributed by atoms with Gasteiger partial charge in [0.2, 0.25) is 0 Å². The van der Waals surface area contributed by atoms with Crippen LogP contribution in [0, 0.1) is 5.92 Å². The molecule has 1 fully saturated rings. The molecule has 1 N–H and O–H groups in total. The van der Waals surface area contributed by atoms with Crippen LogP contribution in [-0.2, 0) is 0 Å².